The molecule has 1 heterocycles. The van der Waals surface area contributed by atoms with Crippen LogP contribution in [0, 0.1) is 0 Å². The van der Waals surface area contributed by atoms with Crippen LogP contribution in [0.4, 0.5) is 0 Å². The monoisotopic (exact) mass is 442 g/mol. The highest BCUT2D eigenvalue weighted by Crippen LogP contribution is 2.19. The summed E-state index contributed by atoms with van der Waals surface area (Å²) in [6.45, 7) is 3.70. The Balaban J connectivity index is 2.02. The van der Waals surface area contributed by atoms with Crippen molar-refractivity contribution < 1.29 is 9.53 Å². The van der Waals surface area contributed by atoms with Crippen LogP contribution >= 0.6 is 15.9 Å². The summed E-state index contributed by atoms with van der Waals surface area (Å²) in [5.41, 5.74) is 6.19. The van der Waals surface area contributed by atoms with E-state index in [0.29, 0.717) is 28.0 Å². The van der Waals surface area contributed by atoms with Crippen molar-refractivity contribution in [2.24, 2.45) is 10.8 Å². The molecule has 0 unspecified atom stereocenters. The Morgan fingerprint density at radius 1 is 1.32 bits per heavy atom. The van der Waals surface area contributed by atoms with Crippen LogP contribution in [0.3, 0.4) is 0 Å². The van der Waals surface area contributed by atoms with Crippen molar-refractivity contribution in [2.45, 2.75) is 19.8 Å². The van der Waals surface area contributed by atoms with Crippen molar-refractivity contribution in [3.05, 3.63) is 68.7 Å². The van der Waals surface area contributed by atoms with Gasteiger partial charge in [-0.25, -0.2) is 4.98 Å². The van der Waals surface area contributed by atoms with Crippen LogP contribution in [-0.2, 0) is 4.79 Å². The van der Waals surface area contributed by atoms with E-state index >= 15 is 0 Å². The number of hydrogen-bond acceptors (Lipinski definition) is 5. The van der Waals surface area contributed by atoms with E-state index in [0.717, 1.165) is 4.47 Å². The van der Waals surface area contributed by atoms with Gasteiger partial charge in [0.15, 0.2) is 6.61 Å². The first-order valence-corrected chi connectivity index (χ1v) is 9.42. The molecule has 0 aliphatic heterocycles. The van der Waals surface area contributed by atoms with Gasteiger partial charge in [0.25, 0.3) is 11.5 Å². The van der Waals surface area contributed by atoms with E-state index in [9.17, 15) is 9.59 Å². The zero-order valence-electron chi connectivity index (χ0n) is 15.4. The van der Waals surface area contributed by atoms with Crippen LogP contribution in [0.2, 0.25) is 0 Å². The van der Waals surface area contributed by atoms with E-state index in [1.807, 2.05) is 26.0 Å². The van der Waals surface area contributed by atoms with Gasteiger partial charge in [-0.05, 0) is 35.9 Å². The van der Waals surface area contributed by atoms with E-state index in [-0.39, 0.29) is 18.1 Å². The molecular formula is C20H19BrN4O3. The number of nitrogens with zero attached hydrogens (tertiary/aromatic N) is 3. The molecule has 0 saturated heterocycles. The highest BCUT2D eigenvalue weighted by molar-refractivity contribution is 9.10. The van der Waals surface area contributed by atoms with Crippen molar-refractivity contribution >= 4 is 39.0 Å². The van der Waals surface area contributed by atoms with Gasteiger partial charge >= 0.3 is 0 Å². The zero-order chi connectivity index (χ0) is 20.3. The molecule has 28 heavy (non-hydrogen) atoms. The maximum Gasteiger partial charge on any atom is 0.282 e. The van der Waals surface area contributed by atoms with Gasteiger partial charge in [0.2, 0.25) is 0 Å². The quantitative estimate of drug-likeness (QED) is 0.592. The fourth-order valence-electron chi connectivity index (χ4n) is 2.61. The molecule has 8 heteroatoms. The van der Waals surface area contributed by atoms with E-state index in [2.05, 4.69) is 26.0 Å². The second-order valence-corrected chi connectivity index (χ2v) is 7.39. The molecule has 0 fully saturated rings. The van der Waals surface area contributed by atoms with Crippen LogP contribution in [0.25, 0.3) is 10.9 Å². The van der Waals surface area contributed by atoms with Crippen molar-refractivity contribution in [2.75, 3.05) is 6.61 Å². The minimum absolute atomic E-state index is 0.00290. The smallest absolute Gasteiger partial charge is 0.282 e. The maximum atomic E-state index is 13.0. The molecule has 3 aromatic rings. The number of hydrogen-bond donors (Lipinski definition) is 1. The lowest BCUT2D eigenvalue weighted by Crippen LogP contribution is -2.23. The predicted molar refractivity (Wildman–Crippen MR) is 112 cm³/mol. The summed E-state index contributed by atoms with van der Waals surface area (Å²) in [5.74, 6) is 0.501. The Bertz CT molecular complexity index is 1120. The number of benzene rings is 2. The number of nitrogens with two attached hydrogens (primary N) is 1. The summed E-state index contributed by atoms with van der Waals surface area (Å²) in [7, 11) is 0. The SMILES string of the molecule is CC(C)c1nc2ccc(Br)cc2c(=O)n1N=Cc1cccc(OCC(N)=O)c1. The Morgan fingerprint density at radius 3 is 2.82 bits per heavy atom. The number of halogens is 1. The van der Waals surface area contributed by atoms with Crippen molar-refractivity contribution in [1.82, 2.24) is 9.66 Å². The first kappa shape index (κ1) is 19.8. The molecule has 0 aliphatic rings. The third-order valence-corrected chi connectivity index (χ3v) is 4.40. The second-order valence-electron chi connectivity index (χ2n) is 6.48. The number of rotatable bonds is 6. The molecule has 0 spiro atoms. The molecule has 7 nitrogen and oxygen atoms in total. The summed E-state index contributed by atoms with van der Waals surface area (Å²) in [6, 6.07) is 12.4. The normalized spacial score (nSPS) is 11.4. The average molecular weight is 443 g/mol. The molecular weight excluding hydrogens is 424 g/mol. The number of carbonyl (C=O) groups excluding carboxylic acids is 1. The Kier molecular flexibility index (Phi) is 5.89. The number of fused-ring (bicyclic) bond motifs is 1. The highest BCUT2D eigenvalue weighted by Gasteiger charge is 2.13. The lowest BCUT2D eigenvalue weighted by molar-refractivity contribution is -0.119. The molecule has 2 N–H and O–H groups in total. The Hall–Kier alpha value is -3.00. The minimum Gasteiger partial charge on any atom is -0.484 e. The van der Waals surface area contributed by atoms with Gasteiger partial charge in [-0.2, -0.15) is 9.78 Å². The third kappa shape index (κ3) is 4.45. The first-order valence-electron chi connectivity index (χ1n) is 8.63. The van der Waals surface area contributed by atoms with E-state index in [4.69, 9.17) is 10.5 Å². The number of aromatic nitrogens is 2. The average Bonchev–Trinajstić information content (AvgIpc) is 2.66. The third-order valence-electron chi connectivity index (χ3n) is 3.91. The molecule has 3 rings (SSSR count). The molecule has 2 aromatic carbocycles. The molecule has 0 radical (unpaired) electrons. The Labute approximate surface area is 170 Å². The van der Waals surface area contributed by atoms with Gasteiger partial charge in [0.05, 0.1) is 17.1 Å². The fourth-order valence-corrected chi connectivity index (χ4v) is 2.98. The topological polar surface area (TPSA) is 99.6 Å². The minimum atomic E-state index is -0.555. The summed E-state index contributed by atoms with van der Waals surface area (Å²) in [5, 5.41) is 4.85. The summed E-state index contributed by atoms with van der Waals surface area (Å²) >= 11 is 3.39. The number of amides is 1. The summed E-state index contributed by atoms with van der Waals surface area (Å²) in [4.78, 5) is 28.5. The van der Waals surface area contributed by atoms with Crippen LogP contribution < -0.4 is 16.0 Å². The van der Waals surface area contributed by atoms with Crippen molar-refractivity contribution in [1.29, 1.82) is 0 Å². The number of carbonyl (C=O) groups is 1. The summed E-state index contributed by atoms with van der Waals surface area (Å²) < 4.78 is 7.41. The molecule has 0 atom stereocenters. The molecule has 0 aliphatic carbocycles. The molecule has 0 bridgehead atoms. The van der Waals surface area contributed by atoms with E-state index < -0.39 is 5.91 Å². The van der Waals surface area contributed by atoms with Gasteiger partial charge in [0.1, 0.15) is 11.6 Å². The predicted octanol–water partition coefficient (Wildman–Crippen LogP) is 3.03. The Morgan fingerprint density at radius 2 is 2.11 bits per heavy atom. The molecule has 1 aromatic heterocycles. The highest BCUT2D eigenvalue weighted by atomic mass is 79.9. The van der Waals surface area contributed by atoms with Crippen LogP contribution in [-0.4, -0.2) is 28.4 Å². The zero-order valence-corrected chi connectivity index (χ0v) is 17.0. The largest absolute Gasteiger partial charge is 0.484 e. The van der Waals surface area contributed by atoms with E-state index in [1.165, 1.54) is 4.68 Å². The van der Waals surface area contributed by atoms with Gasteiger partial charge in [-0.1, -0.05) is 41.9 Å². The standard InChI is InChI=1S/C20H19BrN4O3/c1-12(2)19-24-17-7-6-14(21)9-16(17)20(27)25(19)23-10-13-4-3-5-15(8-13)28-11-18(22)26/h3-10,12H,11H2,1-2H3,(H2,22,26). The van der Waals surface area contributed by atoms with Crippen molar-refractivity contribution in [3.8, 4) is 5.75 Å². The molecule has 1 amide bonds. The fraction of sp³-hybridized carbons (Fsp3) is 0.200. The lowest BCUT2D eigenvalue weighted by atomic mass is 10.2. The van der Waals surface area contributed by atoms with Gasteiger partial charge in [0, 0.05) is 10.4 Å². The van der Waals surface area contributed by atoms with Crippen LogP contribution in [0.15, 0.2) is 56.8 Å². The first-order chi connectivity index (χ1) is 13.3. The second kappa shape index (κ2) is 8.35. The van der Waals surface area contributed by atoms with E-state index in [1.54, 1.807) is 36.5 Å². The summed E-state index contributed by atoms with van der Waals surface area (Å²) in [6.07, 6.45) is 1.55. The van der Waals surface area contributed by atoms with Gasteiger partial charge in [-0.3, -0.25) is 9.59 Å². The van der Waals surface area contributed by atoms with Crippen LogP contribution in [0.5, 0.6) is 5.75 Å². The number of primary amides is 1. The lowest BCUT2D eigenvalue weighted by Gasteiger charge is -2.12. The molecule has 144 valence electrons. The van der Waals surface area contributed by atoms with Gasteiger partial charge in [-0.15, -0.1) is 0 Å². The maximum absolute atomic E-state index is 13.0. The van der Waals surface area contributed by atoms with Crippen LogP contribution in [0.1, 0.15) is 31.2 Å². The van der Waals surface area contributed by atoms with Crippen molar-refractivity contribution in [3.63, 3.8) is 0 Å². The number of ether oxygens (including phenoxy) is 1. The molecule has 0 saturated carbocycles. The van der Waals surface area contributed by atoms with Gasteiger partial charge < -0.3 is 10.5 Å².